The van der Waals surface area contributed by atoms with E-state index < -0.39 is 0 Å². The number of pyridine rings is 1. The Labute approximate surface area is 124 Å². The highest BCUT2D eigenvalue weighted by Crippen LogP contribution is 2.22. The number of halogens is 1. The van der Waals surface area contributed by atoms with Crippen molar-refractivity contribution in [3.63, 3.8) is 0 Å². The lowest BCUT2D eigenvalue weighted by molar-refractivity contribution is 0.101. The maximum absolute atomic E-state index is 12.3. The Morgan fingerprint density at radius 2 is 2.10 bits per heavy atom. The van der Waals surface area contributed by atoms with Crippen LogP contribution in [0.4, 0.5) is 5.69 Å². The van der Waals surface area contributed by atoms with Gasteiger partial charge in [0.1, 0.15) is 5.69 Å². The third-order valence-electron chi connectivity index (χ3n) is 3.09. The van der Waals surface area contributed by atoms with Crippen molar-refractivity contribution in [2.24, 2.45) is 7.05 Å². The van der Waals surface area contributed by atoms with E-state index in [-0.39, 0.29) is 5.91 Å². The number of para-hydroxylation sites is 1. The summed E-state index contributed by atoms with van der Waals surface area (Å²) >= 11 is 3.36. The minimum atomic E-state index is -0.156. The van der Waals surface area contributed by atoms with Crippen LogP contribution >= 0.6 is 15.9 Å². The third kappa shape index (κ3) is 2.32. The molecule has 1 N–H and O–H groups in total. The van der Waals surface area contributed by atoms with Crippen molar-refractivity contribution in [2.75, 3.05) is 5.32 Å². The SMILES string of the molecule is Cn1cc(Br)cc1C(=O)Nc1cccc2cccnc12. The van der Waals surface area contributed by atoms with Crippen LogP contribution in [0.25, 0.3) is 10.9 Å². The number of rotatable bonds is 2. The summed E-state index contributed by atoms with van der Waals surface area (Å²) in [5, 5.41) is 3.91. The monoisotopic (exact) mass is 329 g/mol. The molecule has 0 radical (unpaired) electrons. The largest absolute Gasteiger partial charge is 0.345 e. The molecule has 100 valence electrons. The molecule has 3 rings (SSSR count). The fourth-order valence-corrected chi connectivity index (χ4v) is 2.67. The Balaban J connectivity index is 1.97. The maximum atomic E-state index is 12.3. The zero-order chi connectivity index (χ0) is 14.1. The average Bonchev–Trinajstić information content (AvgIpc) is 2.78. The molecule has 0 fully saturated rings. The van der Waals surface area contributed by atoms with Gasteiger partial charge in [-0.3, -0.25) is 9.78 Å². The molecule has 3 aromatic rings. The maximum Gasteiger partial charge on any atom is 0.272 e. The van der Waals surface area contributed by atoms with E-state index in [2.05, 4.69) is 26.2 Å². The second-order valence-corrected chi connectivity index (χ2v) is 5.40. The first-order valence-electron chi connectivity index (χ1n) is 6.12. The van der Waals surface area contributed by atoms with E-state index in [1.54, 1.807) is 16.8 Å². The summed E-state index contributed by atoms with van der Waals surface area (Å²) in [5.74, 6) is -0.156. The molecule has 0 bridgehead atoms. The second-order valence-electron chi connectivity index (χ2n) is 4.49. The first kappa shape index (κ1) is 12.9. The lowest BCUT2D eigenvalue weighted by Crippen LogP contribution is -2.15. The standard InChI is InChI=1S/C15H12BrN3O/c1-19-9-11(16)8-13(19)15(20)18-12-6-2-4-10-5-3-7-17-14(10)12/h2-9H,1H3,(H,18,20). The molecule has 0 aliphatic carbocycles. The van der Waals surface area contributed by atoms with E-state index in [0.717, 1.165) is 15.4 Å². The zero-order valence-corrected chi connectivity index (χ0v) is 12.4. The summed E-state index contributed by atoms with van der Waals surface area (Å²) in [4.78, 5) is 16.6. The van der Waals surface area contributed by atoms with Crippen LogP contribution in [0.15, 0.2) is 53.3 Å². The highest BCUT2D eigenvalue weighted by atomic mass is 79.9. The first-order chi connectivity index (χ1) is 9.65. The Morgan fingerprint density at radius 1 is 1.30 bits per heavy atom. The summed E-state index contributed by atoms with van der Waals surface area (Å²) in [7, 11) is 1.83. The molecule has 5 heteroatoms. The van der Waals surface area contributed by atoms with Crippen molar-refractivity contribution in [1.29, 1.82) is 0 Å². The molecule has 0 atom stereocenters. The summed E-state index contributed by atoms with van der Waals surface area (Å²) in [6.07, 6.45) is 3.56. The number of amides is 1. The summed E-state index contributed by atoms with van der Waals surface area (Å²) < 4.78 is 2.65. The van der Waals surface area contributed by atoms with Gasteiger partial charge in [0.05, 0.1) is 11.2 Å². The molecule has 20 heavy (non-hydrogen) atoms. The molecule has 2 aromatic heterocycles. The number of hydrogen-bond acceptors (Lipinski definition) is 2. The number of anilines is 1. The Morgan fingerprint density at radius 3 is 2.85 bits per heavy atom. The van der Waals surface area contributed by atoms with E-state index in [0.29, 0.717) is 11.4 Å². The predicted molar refractivity (Wildman–Crippen MR) is 82.8 cm³/mol. The van der Waals surface area contributed by atoms with Gasteiger partial charge in [-0.15, -0.1) is 0 Å². The number of benzene rings is 1. The molecule has 0 saturated carbocycles. The van der Waals surface area contributed by atoms with Gasteiger partial charge in [-0.05, 0) is 34.1 Å². The van der Waals surface area contributed by atoms with Gasteiger partial charge in [-0.1, -0.05) is 18.2 Å². The van der Waals surface area contributed by atoms with E-state index in [1.165, 1.54) is 0 Å². The van der Waals surface area contributed by atoms with Crippen LogP contribution in [0.2, 0.25) is 0 Å². The van der Waals surface area contributed by atoms with Crippen molar-refractivity contribution in [2.45, 2.75) is 0 Å². The molecule has 1 amide bonds. The van der Waals surface area contributed by atoms with Crippen molar-refractivity contribution in [1.82, 2.24) is 9.55 Å². The van der Waals surface area contributed by atoms with Gasteiger partial charge in [0, 0.05) is 29.3 Å². The highest BCUT2D eigenvalue weighted by molar-refractivity contribution is 9.10. The van der Waals surface area contributed by atoms with Gasteiger partial charge in [0.2, 0.25) is 0 Å². The quantitative estimate of drug-likeness (QED) is 0.781. The van der Waals surface area contributed by atoms with Crippen molar-refractivity contribution in [3.05, 3.63) is 59.0 Å². The molecule has 0 saturated heterocycles. The summed E-state index contributed by atoms with van der Waals surface area (Å²) in [5.41, 5.74) is 2.09. The second kappa shape index (κ2) is 5.09. The number of aryl methyl sites for hydroxylation is 1. The summed E-state index contributed by atoms with van der Waals surface area (Å²) in [6, 6.07) is 11.4. The Bertz CT molecular complexity index is 789. The Kier molecular flexibility index (Phi) is 3.28. The first-order valence-corrected chi connectivity index (χ1v) is 6.91. The fraction of sp³-hybridized carbons (Fsp3) is 0.0667. The van der Waals surface area contributed by atoms with Gasteiger partial charge >= 0.3 is 0 Å². The topological polar surface area (TPSA) is 46.9 Å². The van der Waals surface area contributed by atoms with Gasteiger partial charge in [0.25, 0.3) is 5.91 Å². The molecule has 0 unspecified atom stereocenters. The number of hydrogen-bond donors (Lipinski definition) is 1. The molecule has 0 aliphatic heterocycles. The minimum absolute atomic E-state index is 0.156. The van der Waals surface area contributed by atoms with E-state index in [9.17, 15) is 4.79 Å². The number of nitrogens with one attached hydrogen (secondary N) is 1. The van der Waals surface area contributed by atoms with Crippen LogP contribution in [-0.2, 0) is 7.05 Å². The number of fused-ring (bicyclic) bond motifs is 1. The molecule has 0 aliphatic rings. The van der Waals surface area contributed by atoms with E-state index in [1.807, 2.05) is 43.6 Å². The smallest absolute Gasteiger partial charge is 0.272 e. The zero-order valence-electron chi connectivity index (χ0n) is 10.8. The van der Waals surface area contributed by atoms with Crippen LogP contribution < -0.4 is 5.32 Å². The lowest BCUT2D eigenvalue weighted by atomic mass is 10.2. The average molecular weight is 330 g/mol. The van der Waals surface area contributed by atoms with E-state index >= 15 is 0 Å². The highest BCUT2D eigenvalue weighted by Gasteiger charge is 2.12. The van der Waals surface area contributed by atoms with Gasteiger partial charge in [-0.2, -0.15) is 0 Å². The predicted octanol–water partition coefficient (Wildman–Crippen LogP) is 3.59. The molecule has 4 nitrogen and oxygen atoms in total. The van der Waals surface area contributed by atoms with Gasteiger partial charge < -0.3 is 9.88 Å². The van der Waals surface area contributed by atoms with Crippen molar-refractivity contribution < 1.29 is 4.79 Å². The molecule has 2 heterocycles. The van der Waals surface area contributed by atoms with Crippen molar-refractivity contribution in [3.8, 4) is 0 Å². The molecular formula is C15H12BrN3O. The number of aromatic nitrogens is 2. The van der Waals surface area contributed by atoms with E-state index in [4.69, 9.17) is 0 Å². The number of carbonyl (C=O) groups excluding carboxylic acids is 1. The van der Waals surface area contributed by atoms with Gasteiger partial charge in [-0.25, -0.2) is 0 Å². The number of nitrogens with zero attached hydrogens (tertiary/aromatic N) is 2. The van der Waals surface area contributed by atoms with Crippen LogP contribution in [0.5, 0.6) is 0 Å². The van der Waals surface area contributed by atoms with Crippen LogP contribution in [0.3, 0.4) is 0 Å². The normalized spacial score (nSPS) is 10.7. The van der Waals surface area contributed by atoms with Gasteiger partial charge in [0.15, 0.2) is 0 Å². The molecule has 0 spiro atoms. The van der Waals surface area contributed by atoms with Crippen LogP contribution in [0.1, 0.15) is 10.5 Å². The Hall–Kier alpha value is -2.14. The van der Waals surface area contributed by atoms with Crippen molar-refractivity contribution >= 4 is 38.4 Å². The third-order valence-corrected chi connectivity index (χ3v) is 3.52. The summed E-state index contributed by atoms with van der Waals surface area (Å²) in [6.45, 7) is 0. The lowest BCUT2D eigenvalue weighted by Gasteiger charge is -2.08. The van der Waals surface area contributed by atoms with Crippen LogP contribution in [0, 0.1) is 0 Å². The van der Waals surface area contributed by atoms with Crippen LogP contribution in [-0.4, -0.2) is 15.5 Å². The fourth-order valence-electron chi connectivity index (χ4n) is 2.14. The molecular weight excluding hydrogens is 318 g/mol. The minimum Gasteiger partial charge on any atom is -0.345 e. The molecule has 1 aromatic carbocycles. The number of carbonyl (C=O) groups is 1.